The molecule has 1 aromatic heterocycles. The molecule has 0 spiro atoms. The van der Waals surface area contributed by atoms with Gasteiger partial charge in [-0.1, -0.05) is 15.9 Å². The van der Waals surface area contributed by atoms with Gasteiger partial charge in [-0.2, -0.15) is 5.10 Å². The van der Waals surface area contributed by atoms with Crippen molar-refractivity contribution in [1.82, 2.24) is 9.78 Å². The van der Waals surface area contributed by atoms with Crippen molar-refractivity contribution in [3.63, 3.8) is 0 Å². The van der Waals surface area contributed by atoms with E-state index in [1.807, 2.05) is 0 Å². The summed E-state index contributed by atoms with van der Waals surface area (Å²) < 4.78 is 20.0. The molecule has 0 unspecified atom stereocenters. The summed E-state index contributed by atoms with van der Waals surface area (Å²) in [6.45, 7) is -0.0319. The van der Waals surface area contributed by atoms with Crippen molar-refractivity contribution in [1.29, 1.82) is 0 Å². The molecule has 4 nitrogen and oxygen atoms in total. The van der Waals surface area contributed by atoms with Crippen LogP contribution in [0, 0.1) is 5.82 Å². The second-order valence-electron chi connectivity index (χ2n) is 3.20. The van der Waals surface area contributed by atoms with Crippen LogP contribution in [0.4, 0.5) is 4.39 Å². The third-order valence-corrected chi connectivity index (χ3v) is 2.64. The molecule has 0 radical (unpaired) electrons. The Morgan fingerprint density at radius 2 is 2.38 bits per heavy atom. The molecule has 0 amide bonds. The van der Waals surface area contributed by atoms with Crippen LogP contribution in [0.15, 0.2) is 22.8 Å². The average Bonchev–Trinajstić information content (AvgIpc) is 2.61. The number of carbonyl (C=O) groups is 1. The highest BCUT2D eigenvalue weighted by molar-refractivity contribution is 9.10. The van der Waals surface area contributed by atoms with Gasteiger partial charge in [0.1, 0.15) is 12.4 Å². The molecule has 0 saturated carbocycles. The lowest BCUT2D eigenvalue weighted by molar-refractivity contribution is -0.141. The molecular weight excluding hydrogens is 279 g/mol. The average molecular weight is 287 g/mol. The molecule has 0 aliphatic carbocycles. The maximum absolute atomic E-state index is 13.5. The largest absolute Gasteiger partial charge is 0.468 e. The molecule has 1 aromatic carbocycles. The Morgan fingerprint density at radius 3 is 3.06 bits per heavy atom. The van der Waals surface area contributed by atoms with E-state index in [0.29, 0.717) is 15.4 Å². The van der Waals surface area contributed by atoms with Crippen LogP contribution >= 0.6 is 15.9 Å². The van der Waals surface area contributed by atoms with Crippen LogP contribution in [0.5, 0.6) is 0 Å². The van der Waals surface area contributed by atoms with Gasteiger partial charge in [0.05, 0.1) is 24.2 Å². The fourth-order valence-corrected chi connectivity index (χ4v) is 1.83. The van der Waals surface area contributed by atoms with Crippen LogP contribution in [0.3, 0.4) is 0 Å². The van der Waals surface area contributed by atoms with Gasteiger partial charge in [0.2, 0.25) is 0 Å². The van der Waals surface area contributed by atoms with E-state index in [4.69, 9.17) is 0 Å². The van der Waals surface area contributed by atoms with Gasteiger partial charge in [-0.15, -0.1) is 0 Å². The van der Waals surface area contributed by atoms with E-state index in [2.05, 4.69) is 25.8 Å². The van der Waals surface area contributed by atoms with E-state index >= 15 is 0 Å². The van der Waals surface area contributed by atoms with Crippen molar-refractivity contribution in [2.45, 2.75) is 6.54 Å². The molecule has 0 fully saturated rings. The third kappa shape index (κ3) is 1.92. The van der Waals surface area contributed by atoms with Crippen LogP contribution in [-0.2, 0) is 16.1 Å². The SMILES string of the molecule is COC(=O)Cn1ncc2c(F)cc(Br)cc21. The van der Waals surface area contributed by atoms with Crippen LogP contribution in [-0.4, -0.2) is 22.9 Å². The van der Waals surface area contributed by atoms with Gasteiger partial charge in [0.25, 0.3) is 0 Å². The summed E-state index contributed by atoms with van der Waals surface area (Å²) in [6, 6.07) is 3.06. The number of halogens is 2. The minimum Gasteiger partial charge on any atom is -0.468 e. The van der Waals surface area contributed by atoms with E-state index in [0.717, 1.165) is 0 Å². The first-order valence-electron chi connectivity index (χ1n) is 4.49. The number of esters is 1. The standard InChI is InChI=1S/C10H8BrFN2O2/c1-16-10(15)5-14-9-3-6(11)2-8(12)7(9)4-13-14/h2-4H,5H2,1H3. The monoisotopic (exact) mass is 286 g/mol. The summed E-state index contributed by atoms with van der Waals surface area (Å²) in [4.78, 5) is 11.1. The number of hydrogen-bond donors (Lipinski definition) is 0. The van der Waals surface area contributed by atoms with Crippen molar-refractivity contribution < 1.29 is 13.9 Å². The molecule has 1 heterocycles. The smallest absolute Gasteiger partial charge is 0.327 e. The Kier molecular flexibility index (Phi) is 2.91. The lowest BCUT2D eigenvalue weighted by Gasteiger charge is -2.02. The van der Waals surface area contributed by atoms with Crippen LogP contribution in [0.25, 0.3) is 10.9 Å². The summed E-state index contributed by atoms with van der Waals surface area (Å²) in [5, 5.41) is 4.32. The van der Waals surface area contributed by atoms with Crippen LogP contribution in [0.2, 0.25) is 0 Å². The number of methoxy groups -OCH3 is 1. The van der Waals surface area contributed by atoms with Crippen molar-refractivity contribution in [3.05, 3.63) is 28.6 Å². The zero-order chi connectivity index (χ0) is 11.7. The van der Waals surface area contributed by atoms with Crippen molar-refractivity contribution in [2.75, 3.05) is 7.11 Å². The highest BCUT2D eigenvalue weighted by Crippen LogP contribution is 2.22. The van der Waals surface area contributed by atoms with Crippen molar-refractivity contribution in [3.8, 4) is 0 Å². The van der Waals surface area contributed by atoms with Crippen LogP contribution in [0.1, 0.15) is 0 Å². The van der Waals surface area contributed by atoms with Gasteiger partial charge in [-0.05, 0) is 12.1 Å². The first-order valence-corrected chi connectivity index (χ1v) is 5.28. The number of ether oxygens (including phenoxy) is 1. The number of hydrogen-bond acceptors (Lipinski definition) is 3. The Hall–Kier alpha value is -1.43. The van der Waals surface area contributed by atoms with Gasteiger partial charge in [0.15, 0.2) is 0 Å². The van der Waals surface area contributed by atoms with Gasteiger partial charge in [-0.25, -0.2) is 4.39 Å². The predicted molar refractivity (Wildman–Crippen MR) is 59.4 cm³/mol. The second kappa shape index (κ2) is 4.21. The zero-order valence-electron chi connectivity index (χ0n) is 8.41. The number of nitrogens with zero attached hydrogens (tertiary/aromatic N) is 2. The van der Waals surface area contributed by atoms with E-state index < -0.39 is 5.97 Å². The van der Waals surface area contributed by atoms with Crippen molar-refractivity contribution >= 4 is 32.8 Å². The van der Waals surface area contributed by atoms with Gasteiger partial charge in [0, 0.05) is 4.47 Å². The second-order valence-corrected chi connectivity index (χ2v) is 4.11. The van der Waals surface area contributed by atoms with Gasteiger partial charge < -0.3 is 4.74 Å². The fourth-order valence-electron chi connectivity index (χ4n) is 1.41. The van der Waals surface area contributed by atoms with Crippen LogP contribution < -0.4 is 0 Å². The Balaban J connectivity index is 2.51. The summed E-state index contributed by atoms with van der Waals surface area (Å²) in [5.74, 6) is -0.800. The lowest BCUT2D eigenvalue weighted by atomic mass is 10.2. The summed E-state index contributed by atoms with van der Waals surface area (Å²) in [6.07, 6.45) is 1.39. The first-order chi connectivity index (χ1) is 7.61. The highest BCUT2D eigenvalue weighted by atomic mass is 79.9. The summed E-state index contributed by atoms with van der Waals surface area (Å²) >= 11 is 3.19. The first kappa shape index (κ1) is 11.1. The molecule has 0 bridgehead atoms. The normalized spacial score (nSPS) is 10.7. The van der Waals surface area contributed by atoms with E-state index in [-0.39, 0.29) is 12.4 Å². The number of carbonyl (C=O) groups excluding carboxylic acids is 1. The Bertz CT molecular complexity index is 553. The van der Waals surface area contributed by atoms with Gasteiger partial charge in [-0.3, -0.25) is 9.48 Å². The number of rotatable bonds is 2. The van der Waals surface area contributed by atoms with E-state index in [1.54, 1.807) is 6.07 Å². The number of benzene rings is 1. The minimum atomic E-state index is -0.426. The highest BCUT2D eigenvalue weighted by Gasteiger charge is 2.11. The number of aromatic nitrogens is 2. The Morgan fingerprint density at radius 1 is 1.62 bits per heavy atom. The maximum Gasteiger partial charge on any atom is 0.327 e. The summed E-state index contributed by atoms with van der Waals surface area (Å²) in [5.41, 5.74) is 0.553. The molecule has 2 rings (SSSR count). The van der Waals surface area contributed by atoms with E-state index in [9.17, 15) is 9.18 Å². The molecule has 16 heavy (non-hydrogen) atoms. The molecule has 2 aromatic rings. The van der Waals surface area contributed by atoms with E-state index in [1.165, 1.54) is 24.1 Å². The Labute approximate surface area is 99.1 Å². The third-order valence-electron chi connectivity index (χ3n) is 2.18. The molecule has 0 N–H and O–H groups in total. The predicted octanol–water partition coefficient (Wildman–Crippen LogP) is 2.11. The number of fused-ring (bicyclic) bond motifs is 1. The summed E-state index contributed by atoms with van der Waals surface area (Å²) in [7, 11) is 1.30. The minimum absolute atomic E-state index is 0.0319. The molecule has 0 aliphatic heterocycles. The molecule has 0 aliphatic rings. The topological polar surface area (TPSA) is 44.1 Å². The van der Waals surface area contributed by atoms with Crippen molar-refractivity contribution in [2.24, 2.45) is 0 Å². The molecule has 6 heteroatoms. The lowest BCUT2D eigenvalue weighted by Crippen LogP contribution is -2.12. The zero-order valence-corrected chi connectivity index (χ0v) is 9.99. The molecule has 84 valence electrons. The fraction of sp³-hybridized carbons (Fsp3) is 0.200. The molecular formula is C10H8BrFN2O2. The molecule has 0 saturated heterocycles. The van der Waals surface area contributed by atoms with Gasteiger partial charge >= 0.3 is 5.97 Å². The quantitative estimate of drug-likeness (QED) is 0.795. The maximum atomic E-state index is 13.5. The molecule has 0 atom stereocenters.